The minimum absolute atomic E-state index is 0.346. The number of rotatable bonds is 5. The second-order valence-electron chi connectivity index (χ2n) is 4.83. The lowest BCUT2D eigenvalue weighted by molar-refractivity contribution is -0.670. The van der Waals surface area contributed by atoms with Gasteiger partial charge >= 0.3 is 0 Å². The maximum absolute atomic E-state index is 5.38. The summed E-state index contributed by atoms with van der Waals surface area (Å²) in [7, 11) is 2.08. The molecule has 1 aromatic heterocycles. The first kappa shape index (κ1) is 12.1. The van der Waals surface area contributed by atoms with Gasteiger partial charge in [0.15, 0.2) is 11.5 Å². The lowest BCUT2D eigenvalue weighted by atomic mass is 10.1. The van der Waals surface area contributed by atoms with Crippen LogP contribution in [0.1, 0.15) is 11.3 Å². The fraction of sp³-hybridized carbons (Fsp3) is 0.333. The first-order chi connectivity index (χ1) is 9.33. The van der Waals surface area contributed by atoms with E-state index in [1.807, 2.05) is 6.07 Å². The quantitative estimate of drug-likeness (QED) is 0.816. The molecular weight excluding hydrogens is 240 g/mol. The van der Waals surface area contributed by atoms with Crippen molar-refractivity contribution < 1.29 is 14.8 Å². The number of quaternary nitrogens is 1. The normalized spacial score (nSPS) is 12.9. The fourth-order valence-electron chi connectivity index (χ4n) is 2.32. The number of ether oxygens (including phenoxy) is 2. The van der Waals surface area contributed by atoms with Crippen LogP contribution in [-0.4, -0.2) is 17.9 Å². The Kier molecular flexibility index (Phi) is 3.42. The highest BCUT2D eigenvalue weighted by Crippen LogP contribution is 2.32. The number of hydrogen-bond donors (Lipinski definition) is 1. The molecule has 2 N–H and O–H groups in total. The Hall–Kier alpha value is -1.94. The number of hydrogen-bond acceptors (Lipinski definition) is 2. The van der Waals surface area contributed by atoms with Crippen molar-refractivity contribution in [1.29, 1.82) is 0 Å². The van der Waals surface area contributed by atoms with Crippen LogP contribution in [0.15, 0.2) is 36.5 Å². The van der Waals surface area contributed by atoms with Crippen molar-refractivity contribution in [3.05, 3.63) is 47.8 Å². The molecule has 1 aliphatic rings. The van der Waals surface area contributed by atoms with Gasteiger partial charge in [-0.25, -0.2) is 0 Å². The number of benzene rings is 1. The second kappa shape index (κ2) is 5.36. The van der Waals surface area contributed by atoms with E-state index in [1.54, 1.807) is 0 Å². The van der Waals surface area contributed by atoms with Gasteiger partial charge < -0.3 is 19.4 Å². The van der Waals surface area contributed by atoms with Crippen molar-refractivity contribution in [1.82, 2.24) is 4.57 Å². The molecule has 1 aromatic carbocycles. The average Bonchev–Trinajstić information content (AvgIpc) is 3.03. The number of aromatic nitrogens is 1. The average molecular weight is 259 g/mol. The predicted molar refractivity (Wildman–Crippen MR) is 72.2 cm³/mol. The van der Waals surface area contributed by atoms with E-state index in [0.29, 0.717) is 6.79 Å². The molecule has 0 aliphatic carbocycles. The van der Waals surface area contributed by atoms with Gasteiger partial charge in [-0.15, -0.1) is 0 Å². The summed E-state index contributed by atoms with van der Waals surface area (Å²) in [5.41, 5.74) is 2.65. The van der Waals surface area contributed by atoms with Gasteiger partial charge in [0.1, 0.15) is 6.54 Å². The van der Waals surface area contributed by atoms with Crippen LogP contribution in [0.3, 0.4) is 0 Å². The zero-order valence-electron chi connectivity index (χ0n) is 11.1. The molecule has 0 unspecified atom stereocenters. The Bertz CT molecular complexity index is 563. The lowest BCUT2D eigenvalue weighted by Gasteiger charge is -2.04. The standard InChI is InChI=1S/C15H18N2O2/c1-17-8-2-3-13(17)10-16-7-6-12-4-5-14-15(9-12)19-11-18-14/h2-5,8-9,16H,6-7,10-11H2,1H3/p+1. The van der Waals surface area contributed by atoms with Crippen LogP contribution in [0, 0.1) is 0 Å². The largest absolute Gasteiger partial charge is 0.454 e. The SMILES string of the molecule is Cn1cccc1C[NH2+]CCc1ccc2c(c1)OCO2. The first-order valence-corrected chi connectivity index (χ1v) is 6.63. The van der Waals surface area contributed by atoms with Gasteiger partial charge in [-0.05, 0) is 29.8 Å². The van der Waals surface area contributed by atoms with Crippen LogP contribution in [0.5, 0.6) is 11.5 Å². The van der Waals surface area contributed by atoms with Crippen LogP contribution in [0.25, 0.3) is 0 Å². The maximum atomic E-state index is 5.38. The Morgan fingerprint density at radius 1 is 1.21 bits per heavy atom. The van der Waals surface area contributed by atoms with E-state index in [-0.39, 0.29) is 0 Å². The summed E-state index contributed by atoms with van der Waals surface area (Å²) in [4.78, 5) is 0. The van der Waals surface area contributed by atoms with E-state index in [9.17, 15) is 0 Å². The number of nitrogens with two attached hydrogens (primary N) is 1. The van der Waals surface area contributed by atoms with Gasteiger partial charge in [0, 0.05) is 19.7 Å². The zero-order valence-corrected chi connectivity index (χ0v) is 11.1. The van der Waals surface area contributed by atoms with Crippen molar-refractivity contribution >= 4 is 0 Å². The summed E-state index contributed by atoms with van der Waals surface area (Å²) in [5.74, 6) is 1.73. The van der Waals surface area contributed by atoms with Gasteiger partial charge in [-0.2, -0.15) is 0 Å². The molecule has 4 nitrogen and oxygen atoms in total. The molecule has 0 amide bonds. The molecule has 4 heteroatoms. The molecular formula is C15H19N2O2+. The summed E-state index contributed by atoms with van der Waals surface area (Å²) >= 11 is 0. The van der Waals surface area contributed by atoms with Crippen molar-refractivity contribution in [2.24, 2.45) is 7.05 Å². The van der Waals surface area contributed by atoms with E-state index in [2.05, 4.69) is 47.4 Å². The third-order valence-corrected chi connectivity index (χ3v) is 3.48. The zero-order chi connectivity index (χ0) is 13.1. The molecule has 0 atom stereocenters. The minimum Gasteiger partial charge on any atom is -0.454 e. The Labute approximate surface area is 113 Å². The Morgan fingerprint density at radius 3 is 2.95 bits per heavy atom. The van der Waals surface area contributed by atoms with Gasteiger partial charge in [0.05, 0.1) is 12.2 Å². The highest BCUT2D eigenvalue weighted by Gasteiger charge is 2.13. The number of nitrogens with zero attached hydrogens (tertiary/aromatic N) is 1. The molecule has 0 spiro atoms. The number of fused-ring (bicyclic) bond motifs is 1. The van der Waals surface area contributed by atoms with Crippen molar-refractivity contribution in [3.8, 4) is 11.5 Å². The fourth-order valence-corrected chi connectivity index (χ4v) is 2.32. The van der Waals surface area contributed by atoms with E-state index in [0.717, 1.165) is 31.0 Å². The van der Waals surface area contributed by atoms with Gasteiger partial charge in [0.25, 0.3) is 0 Å². The Balaban J connectivity index is 1.49. The van der Waals surface area contributed by atoms with Crippen LogP contribution in [0.4, 0.5) is 0 Å². The summed E-state index contributed by atoms with van der Waals surface area (Å²) in [5, 5.41) is 2.33. The third-order valence-electron chi connectivity index (χ3n) is 3.48. The molecule has 19 heavy (non-hydrogen) atoms. The topological polar surface area (TPSA) is 40.0 Å². The molecule has 0 saturated carbocycles. The molecule has 0 bridgehead atoms. The number of aryl methyl sites for hydroxylation is 1. The summed E-state index contributed by atoms with van der Waals surface area (Å²) in [6.07, 6.45) is 3.13. The Morgan fingerprint density at radius 2 is 2.11 bits per heavy atom. The third kappa shape index (κ3) is 2.74. The van der Waals surface area contributed by atoms with Crippen molar-refractivity contribution in [3.63, 3.8) is 0 Å². The second-order valence-corrected chi connectivity index (χ2v) is 4.83. The lowest BCUT2D eigenvalue weighted by Crippen LogP contribution is -2.83. The van der Waals surface area contributed by atoms with Gasteiger partial charge in [-0.1, -0.05) is 6.07 Å². The maximum Gasteiger partial charge on any atom is 0.231 e. The summed E-state index contributed by atoms with van der Waals surface area (Å²) < 4.78 is 12.9. The molecule has 0 fully saturated rings. The van der Waals surface area contributed by atoms with Gasteiger partial charge in [-0.3, -0.25) is 0 Å². The van der Waals surface area contributed by atoms with Crippen LogP contribution in [0.2, 0.25) is 0 Å². The van der Waals surface area contributed by atoms with E-state index >= 15 is 0 Å². The minimum atomic E-state index is 0.346. The molecule has 2 aromatic rings. The summed E-state index contributed by atoms with van der Waals surface area (Å²) in [6, 6.07) is 10.4. The van der Waals surface area contributed by atoms with Gasteiger partial charge in [0.2, 0.25) is 6.79 Å². The summed E-state index contributed by atoms with van der Waals surface area (Å²) in [6.45, 7) is 2.44. The van der Waals surface area contributed by atoms with Crippen LogP contribution in [-0.2, 0) is 20.0 Å². The molecule has 2 heterocycles. The highest BCUT2D eigenvalue weighted by atomic mass is 16.7. The molecule has 0 saturated heterocycles. The molecule has 100 valence electrons. The molecule has 1 aliphatic heterocycles. The molecule has 3 rings (SSSR count). The smallest absolute Gasteiger partial charge is 0.231 e. The van der Waals surface area contributed by atoms with Crippen molar-refractivity contribution in [2.75, 3.05) is 13.3 Å². The predicted octanol–water partition coefficient (Wildman–Crippen LogP) is 1.06. The monoisotopic (exact) mass is 259 g/mol. The van der Waals surface area contributed by atoms with E-state index in [4.69, 9.17) is 9.47 Å². The molecule has 0 radical (unpaired) electrons. The van der Waals surface area contributed by atoms with Crippen LogP contribution < -0.4 is 14.8 Å². The van der Waals surface area contributed by atoms with Crippen LogP contribution >= 0.6 is 0 Å². The highest BCUT2D eigenvalue weighted by molar-refractivity contribution is 5.44. The first-order valence-electron chi connectivity index (χ1n) is 6.63. The van der Waals surface area contributed by atoms with E-state index in [1.165, 1.54) is 11.3 Å². The van der Waals surface area contributed by atoms with Crippen molar-refractivity contribution in [2.45, 2.75) is 13.0 Å². The van der Waals surface area contributed by atoms with E-state index < -0.39 is 0 Å².